The van der Waals surface area contributed by atoms with E-state index >= 15 is 0 Å². The second-order valence-electron chi connectivity index (χ2n) is 8.52. The zero-order valence-corrected chi connectivity index (χ0v) is 18.8. The van der Waals surface area contributed by atoms with Crippen LogP contribution in [-0.2, 0) is 4.79 Å². The van der Waals surface area contributed by atoms with E-state index in [0.29, 0.717) is 22.4 Å². The predicted octanol–water partition coefficient (Wildman–Crippen LogP) is 4.53. The molecule has 7 nitrogen and oxygen atoms in total. The summed E-state index contributed by atoms with van der Waals surface area (Å²) < 4.78 is 0. The van der Waals surface area contributed by atoms with Crippen LogP contribution in [0.4, 0.5) is 0 Å². The Balaban J connectivity index is 1.19. The third-order valence-electron chi connectivity index (χ3n) is 6.62. The van der Waals surface area contributed by atoms with E-state index in [1.165, 1.54) is 5.69 Å². The lowest BCUT2D eigenvalue weighted by molar-refractivity contribution is -0.132. The number of likely N-dealkylation sites (tertiary alicyclic amines) is 2. The fraction of sp³-hybridized carbons (Fsp3) is 0.500. The first-order valence-electron chi connectivity index (χ1n) is 10.9. The molecule has 4 heterocycles. The number of nitrogens with zero attached hydrogens (tertiary/aromatic N) is 4. The highest BCUT2D eigenvalue weighted by atomic mass is 35.5. The highest BCUT2D eigenvalue weighted by Crippen LogP contribution is 2.34. The lowest BCUT2D eigenvalue weighted by atomic mass is 9.94. The minimum atomic E-state index is -0.0106. The van der Waals surface area contributed by atoms with Gasteiger partial charge in [-0.3, -0.25) is 4.79 Å². The molecular weight excluding hydrogens is 435 g/mol. The number of fused-ring (bicyclic) bond motifs is 1. The van der Waals surface area contributed by atoms with Crippen molar-refractivity contribution in [2.75, 3.05) is 26.2 Å². The number of hydrogen-bond acceptors (Lipinski definition) is 4. The molecule has 2 aliphatic rings. The normalized spacial score (nSPS) is 20.7. The summed E-state index contributed by atoms with van der Waals surface area (Å²) in [5.74, 6) is 1.57. The molecule has 2 aliphatic heterocycles. The molecule has 2 fully saturated rings. The van der Waals surface area contributed by atoms with Gasteiger partial charge < -0.3 is 19.8 Å². The number of benzene rings is 1. The number of nitrogens with one attached hydrogen (secondary N) is 2. The molecule has 3 aromatic rings. The predicted molar refractivity (Wildman–Crippen MR) is 121 cm³/mol. The van der Waals surface area contributed by atoms with Gasteiger partial charge in [0.25, 0.3) is 0 Å². The van der Waals surface area contributed by atoms with Gasteiger partial charge in [0.15, 0.2) is 0 Å². The van der Waals surface area contributed by atoms with Gasteiger partial charge in [0.2, 0.25) is 5.91 Å². The average molecular weight is 461 g/mol. The van der Waals surface area contributed by atoms with Crippen molar-refractivity contribution >= 4 is 40.1 Å². The number of aromatic nitrogens is 4. The van der Waals surface area contributed by atoms with Crippen LogP contribution in [-0.4, -0.2) is 61.8 Å². The molecule has 31 heavy (non-hydrogen) atoms. The summed E-state index contributed by atoms with van der Waals surface area (Å²) in [4.78, 5) is 32.9. The molecule has 0 spiro atoms. The number of halogens is 2. The second kappa shape index (κ2) is 8.81. The highest BCUT2D eigenvalue weighted by Gasteiger charge is 2.32. The number of amides is 1. The van der Waals surface area contributed by atoms with Gasteiger partial charge in [-0.15, -0.1) is 0 Å². The SMILES string of the molecule is O=C(CCN1CCC(c2cnc[nH]2)CC1)N1CCC[C@H]1c1nc2cc(Cl)c(Cl)cc2[nH]1. The van der Waals surface area contributed by atoms with Crippen LogP contribution in [0, 0.1) is 0 Å². The number of hydrogen-bond donors (Lipinski definition) is 2. The zero-order chi connectivity index (χ0) is 21.4. The molecule has 0 saturated carbocycles. The van der Waals surface area contributed by atoms with Gasteiger partial charge in [-0.2, -0.15) is 0 Å². The summed E-state index contributed by atoms with van der Waals surface area (Å²) in [5.41, 5.74) is 2.86. The van der Waals surface area contributed by atoms with Gasteiger partial charge in [0.1, 0.15) is 5.82 Å². The second-order valence-corrected chi connectivity index (χ2v) is 9.34. The number of H-pyrrole nitrogens is 2. The van der Waals surface area contributed by atoms with Gasteiger partial charge in [-0.1, -0.05) is 23.2 Å². The Morgan fingerprint density at radius 3 is 2.71 bits per heavy atom. The van der Waals surface area contributed by atoms with Crippen molar-refractivity contribution < 1.29 is 4.79 Å². The summed E-state index contributed by atoms with van der Waals surface area (Å²) in [7, 11) is 0. The van der Waals surface area contributed by atoms with Gasteiger partial charge >= 0.3 is 0 Å². The molecular formula is C22H26Cl2N6O. The van der Waals surface area contributed by atoms with Crippen LogP contribution >= 0.6 is 23.2 Å². The summed E-state index contributed by atoms with van der Waals surface area (Å²) in [6.45, 7) is 3.63. The molecule has 2 saturated heterocycles. The Hall–Kier alpha value is -2.09. The van der Waals surface area contributed by atoms with Gasteiger partial charge in [-0.25, -0.2) is 9.97 Å². The smallest absolute Gasteiger partial charge is 0.224 e. The molecule has 0 aliphatic carbocycles. The van der Waals surface area contributed by atoms with Crippen LogP contribution in [0.5, 0.6) is 0 Å². The molecule has 0 bridgehead atoms. The van der Waals surface area contributed by atoms with Crippen molar-refractivity contribution in [3.63, 3.8) is 0 Å². The third kappa shape index (κ3) is 4.31. The maximum absolute atomic E-state index is 13.0. The molecule has 1 amide bonds. The van der Waals surface area contributed by atoms with Crippen molar-refractivity contribution in [3.05, 3.63) is 46.2 Å². The van der Waals surface area contributed by atoms with E-state index in [1.807, 2.05) is 11.1 Å². The summed E-state index contributed by atoms with van der Waals surface area (Å²) in [5, 5.41) is 0.989. The quantitative estimate of drug-likeness (QED) is 0.585. The zero-order valence-electron chi connectivity index (χ0n) is 17.3. The van der Waals surface area contributed by atoms with Crippen LogP contribution in [0.1, 0.15) is 55.6 Å². The Morgan fingerprint density at radius 2 is 1.94 bits per heavy atom. The van der Waals surface area contributed by atoms with Crippen LogP contribution in [0.25, 0.3) is 11.0 Å². The van der Waals surface area contributed by atoms with Crippen molar-refractivity contribution in [2.24, 2.45) is 0 Å². The fourth-order valence-corrected chi connectivity index (χ4v) is 5.21. The topological polar surface area (TPSA) is 80.9 Å². The van der Waals surface area contributed by atoms with Crippen LogP contribution in [0.2, 0.25) is 10.0 Å². The Kier molecular flexibility index (Phi) is 5.91. The lowest BCUT2D eigenvalue weighted by Gasteiger charge is -2.32. The fourth-order valence-electron chi connectivity index (χ4n) is 4.89. The highest BCUT2D eigenvalue weighted by molar-refractivity contribution is 6.42. The van der Waals surface area contributed by atoms with Crippen molar-refractivity contribution in [2.45, 2.75) is 44.1 Å². The monoisotopic (exact) mass is 460 g/mol. The maximum atomic E-state index is 13.0. The number of piperidine rings is 1. The molecule has 2 N–H and O–H groups in total. The standard InChI is InChI=1S/C22H26Cl2N6O/c23-15-10-17-18(11-16(15)24)28-22(27-17)20-2-1-6-30(20)21(31)5-9-29-7-3-14(4-8-29)19-12-25-13-26-19/h10-14,20H,1-9H2,(H,25,26)(H,27,28)/t20-/m0/s1. The first kappa shape index (κ1) is 20.8. The number of rotatable bonds is 5. The molecule has 5 rings (SSSR count). The van der Waals surface area contributed by atoms with E-state index in [9.17, 15) is 4.79 Å². The molecule has 1 atom stereocenters. The Morgan fingerprint density at radius 1 is 1.13 bits per heavy atom. The first-order valence-corrected chi connectivity index (χ1v) is 11.7. The van der Waals surface area contributed by atoms with E-state index in [0.717, 1.165) is 68.7 Å². The summed E-state index contributed by atoms with van der Waals surface area (Å²) >= 11 is 12.3. The van der Waals surface area contributed by atoms with Gasteiger partial charge in [0.05, 0.1) is 33.4 Å². The molecule has 2 aromatic heterocycles. The minimum absolute atomic E-state index is 0.0106. The molecule has 9 heteroatoms. The largest absolute Gasteiger partial charge is 0.348 e. The maximum Gasteiger partial charge on any atom is 0.224 e. The van der Waals surface area contributed by atoms with Crippen molar-refractivity contribution in [1.82, 2.24) is 29.7 Å². The molecule has 0 unspecified atom stereocenters. The molecule has 0 radical (unpaired) electrons. The average Bonchev–Trinajstić information content (AvgIpc) is 3.53. The van der Waals surface area contributed by atoms with Gasteiger partial charge in [0, 0.05) is 37.3 Å². The molecule has 164 valence electrons. The number of imidazole rings is 2. The Labute approximate surface area is 191 Å². The first-order chi connectivity index (χ1) is 15.1. The molecule has 1 aromatic carbocycles. The number of aromatic amines is 2. The van der Waals surface area contributed by atoms with E-state index in [1.54, 1.807) is 18.5 Å². The van der Waals surface area contributed by atoms with Crippen LogP contribution < -0.4 is 0 Å². The van der Waals surface area contributed by atoms with E-state index in [2.05, 4.69) is 19.9 Å². The number of carbonyl (C=O) groups excluding carboxylic acids is 1. The summed E-state index contributed by atoms with van der Waals surface area (Å²) in [6, 6.07) is 3.56. The summed E-state index contributed by atoms with van der Waals surface area (Å²) in [6.07, 6.45) is 8.34. The van der Waals surface area contributed by atoms with E-state index in [-0.39, 0.29) is 11.9 Å². The van der Waals surface area contributed by atoms with Crippen LogP contribution in [0.15, 0.2) is 24.7 Å². The van der Waals surface area contributed by atoms with Crippen LogP contribution in [0.3, 0.4) is 0 Å². The Bertz CT molecular complexity index is 1020. The van der Waals surface area contributed by atoms with Crippen molar-refractivity contribution in [3.8, 4) is 0 Å². The van der Waals surface area contributed by atoms with E-state index < -0.39 is 0 Å². The third-order valence-corrected chi connectivity index (χ3v) is 7.34. The van der Waals surface area contributed by atoms with Gasteiger partial charge in [-0.05, 0) is 50.9 Å². The minimum Gasteiger partial charge on any atom is -0.348 e. The number of carbonyl (C=O) groups is 1. The lowest BCUT2D eigenvalue weighted by Crippen LogP contribution is -2.37. The van der Waals surface area contributed by atoms with E-state index in [4.69, 9.17) is 28.2 Å². The van der Waals surface area contributed by atoms with Crippen molar-refractivity contribution in [1.29, 1.82) is 0 Å².